The first-order valence-electron chi connectivity index (χ1n) is 6.10. The second-order valence-electron chi connectivity index (χ2n) is 5.34. The second-order valence-corrected chi connectivity index (χ2v) is 5.90. The lowest BCUT2D eigenvalue weighted by atomic mass is 9.90. The zero-order valence-electron chi connectivity index (χ0n) is 12.2. The van der Waals surface area contributed by atoms with Gasteiger partial charge in [-0.1, -0.05) is 28.1 Å². The fourth-order valence-corrected chi connectivity index (χ4v) is 1.15. The van der Waals surface area contributed by atoms with Gasteiger partial charge in [0, 0.05) is 5.33 Å². The smallest absolute Gasteiger partial charge is 0.512 e. The predicted octanol–water partition coefficient (Wildman–Crippen LogP) is 1.46. The minimum Gasteiger partial charge on any atom is -0.512 e. The van der Waals surface area contributed by atoms with E-state index in [-0.39, 0.29) is 0 Å². The number of alkyl halides is 1. The first kappa shape index (κ1) is 19.4. The van der Waals surface area contributed by atoms with Gasteiger partial charge >= 0.3 is 7.32 Å². The normalized spacial score (nSPS) is 11.4. The molecule has 0 saturated carbocycles. The van der Waals surface area contributed by atoms with Crippen molar-refractivity contribution in [3.05, 3.63) is 29.8 Å². The molecule has 0 bridgehead atoms. The Balaban J connectivity index is 0.000000396. The minimum absolute atomic E-state index is 0.440. The van der Waals surface area contributed by atoms with Crippen LogP contribution in [0, 0.1) is 0 Å². The van der Waals surface area contributed by atoms with Crippen LogP contribution in [0.5, 0.6) is 5.75 Å². The Kier molecular flexibility index (Phi) is 7.76. The van der Waals surface area contributed by atoms with Crippen LogP contribution in [0.4, 0.5) is 0 Å². The average Bonchev–Trinajstić information content (AvgIpc) is 2.27. The Morgan fingerprint density at radius 3 is 1.65 bits per heavy atom. The maximum absolute atomic E-state index is 9.10. The van der Waals surface area contributed by atoms with E-state index in [0.29, 0.717) is 5.75 Å². The number of benzene rings is 1. The maximum Gasteiger partial charge on any atom is 0.707 e. The van der Waals surface area contributed by atoms with Crippen LogP contribution in [-0.2, 0) is 5.33 Å². The third kappa shape index (κ3) is 7.86. The van der Waals surface area contributed by atoms with Gasteiger partial charge in [-0.3, -0.25) is 0 Å². The fourth-order valence-electron chi connectivity index (χ4n) is 0.779. The highest BCUT2D eigenvalue weighted by atomic mass is 79.9. The van der Waals surface area contributed by atoms with Crippen LogP contribution in [0.15, 0.2) is 24.3 Å². The van der Waals surface area contributed by atoms with Crippen LogP contribution in [0.1, 0.15) is 33.3 Å². The summed E-state index contributed by atoms with van der Waals surface area (Å²) >= 11 is 3.29. The summed E-state index contributed by atoms with van der Waals surface area (Å²) in [6, 6.07) is 7.03. The average molecular weight is 349 g/mol. The van der Waals surface area contributed by atoms with Crippen molar-refractivity contribution >= 4 is 23.3 Å². The molecule has 7 heteroatoms. The zero-order chi connectivity index (χ0) is 16.0. The van der Waals surface area contributed by atoms with Crippen molar-refractivity contribution < 1.29 is 24.9 Å². The van der Waals surface area contributed by atoms with Gasteiger partial charge in [0.25, 0.3) is 0 Å². The molecule has 0 radical (unpaired) electrons. The van der Waals surface area contributed by atoms with Crippen molar-refractivity contribution in [1.29, 1.82) is 0 Å². The van der Waals surface area contributed by atoms with Crippen molar-refractivity contribution in [3.63, 3.8) is 0 Å². The van der Waals surface area contributed by atoms with Gasteiger partial charge in [0.2, 0.25) is 0 Å². The summed E-state index contributed by atoms with van der Waals surface area (Å²) < 4.78 is 4.61. The molecule has 0 saturated heterocycles. The van der Waals surface area contributed by atoms with Crippen LogP contribution < -0.4 is 4.65 Å². The molecular weight excluding hydrogens is 327 g/mol. The van der Waals surface area contributed by atoms with E-state index in [1.807, 2.05) is 12.1 Å². The molecule has 4 N–H and O–H groups in total. The number of halogens is 1. The third-order valence-electron chi connectivity index (χ3n) is 2.82. The van der Waals surface area contributed by atoms with Gasteiger partial charge in [0.1, 0.15) is 5.75 Å². The van der Waals surface area contributed by atoms with Gasteiger partial charge in [-0.15, -0.1) is 0 Å². The Bertz CT molecular complexity index is 369. The molecule has 0 heterocycles. The van der Waals surface area contributed by atoms with Crippen LogP contribution >= 0.6 is 15.9 Å². The second kappa shape index (κ2) is 8.00. The minimum atomic E-state index is -1.75. The van der Waals surface area contributed by atoms with E-state index in [4.69, 9.17) is 20.3 Å². The highest BCUT2D eigenvalue weighted by Gasteiger charge is 2.31. The highest BCUT2D eigenvalue weighted by molar-refractivity contribution is 9.08. The summed E-state index contributed by atoms with van der Waals surface area (Å²) in [5, 5.41) is 35.9. The number of aliphatic hydroxyl groups is 2. The van der Waals surface area contributed by atoms with E-state index in [2.05, 4.69) is 20.6 Å². The Labute approximate surface area is 128 Å². The highest BCUT2D eigenvalue weighted by Crippen LogP contribution is 2.19. The first-order chi connectivity index (χ1) is 8.97. The van der Waals surface area contributed by atoms with E-state index < -0.39 is 18.5 Å². The molecule has 1 aromatic carbocycles. The number of hydrogen-bond acceptors (Lipinski definition) is 5. The van der Waals surface area contributed by atoms with E-state index in [9.17, 15) is 0 Å². The molecule has 0 atom stereocenters. The molecular formula is C13H22BBrO5. The quantitative estimate of drug-likeness (QED) is 0.488. The van der Waals surface area contributed by atoms with Crippen LogP contribution in [-0.4, -0.2) is 38.8 Å². The number of hydrogen-bond donors (Lipinski definition) is 4. The molecule has 20 heavy (non-hydrogen) atoms. The van der Waals surface area contributed by atoms with Crippen LogP contribution in [0.25, 0.3) is 0 Å². The van der Waals surface area contributed by atoms with E-state index in [1.54, 1.807) is 39.8 Å². The van der Waals surface area contributed by atoms with Crippen molar-refractivity contribution in [2.24, 2.45) is 0 Å². The van der Waals surface area contributed by atoms with Crippen LogP contribution in [0.3, 0.4) is 0 Å². The molecule has 0 aliphatic carbocycles. The van der Waals surface area contributed by atoms with Crippen molar-refractivity contribution in [2.75, 3.05) is 0 Å². The van der Waals surface area contributed by atoms with E-state index >= 15 is 0 Å². The van der Waals surface area contributed by atoms with Crippen molar-refractivity contribution in [3.8, 4) is 5.75 Å². The molecule has 0 spiro atoms. The maximum atomic E-state index is 9.10. The fraction of sp³-hybridized carbons (Fsp3) is 0.538. The zero-order valence-corrected chi connectivity index (χ0v) is 13.8. The van der Waals surface area contributed by atoms with Crippen molar-refractivity contribution in [1.82, 2.24) is 0 Å². The van der Waals surface area contributed by atoms with Crippen molar-refractivity contribution in [2.45, 2.75) is 44.2 Å². The summed E-state index contributed by atoms with van der Waals surface area (Å²) in [4.78, 5) is 0. The molecule has 1 aromatic rings. The first-order valence-corrected chi connectivity index (χ1v) is 7.22. The molecule has 5 nitrogen and oxygen atoms in total. The Morgan fingerprint density at radius 2 is 1.40 bits per heavy atom. The number of rotatable bonds is 4. The monoisotopic (exact) mass is 348 g/mol. The molecule has 114 valence electrons. The SMILES string of the molecule is CC(C)(O)C(C)(C)O.OB(O)Oc1ccc(CBr)cc1. The summed E-state index contributed by atoms with van der Waals surface area (Å²) in [7, 11) is -1.75. The predicted molar refractivity (Wildman–Crippen MR) is 82.5 cm³/mol. The molecule has 0 amide bonds. The molecule has 0 fully saturated rings. The van der Waals surface area contributed by atoms with E-state index in [0.717, 1.165) is 10.9 Å². The molecule has 0 aromatic heterocycles. The summed E-state index contributed by atoms with van der Waals surface area (Å²) in [5.41, 5.74) is -0.908. The van der Waals surface area contributed by atoms with Gasteiger partial charge in [0.15, 0.2) is 0 Å². The molecule has 0 aliphatic heterocycles. The summed E-state index contributed by atoms with van der Waals surface area (Å²) in [6.07, 6.45) is 0. The van der Waals surface area contributed by atoms with Gasteiger partial charge in [-0.05, 0) is 45.4 Å². The lowest BCUT2D eigenvalue weighted by molar-refractivity contribution is -0.107. The Morgan fingerprint density at radius 1 is 1.00 bits per heavy atom. The summed E-state index contributed by atoms with van der Waals surface area (Å²) in [5.74, 6) is 0.440. The molecule has 0 unspecified atom stereocenters. The standard InChI is InChI=1S/C7H8BBrO3.C6H14O2/c9-5-6-1-3-7(4-2-6)12-8(10)11;1-5(2,7)6(3,4)8/h1-4,10-11H,5H2;7-8H,1-4H3. The topological polar surface area (TPSA) is 90.2 Å². The third-order valence-corrected chi connectivity index (χ3v) is 3.46. The van der Waals surface area contributed by atoms with Gasteiger partial charge < -0.3 is 24.9 Å². The lowest BCUT2D eigenvalue weighted by Gasteiger charge is -2.31. The van der Waals surface area contributed by atoms with Gasteiger partial charge in [0.05, 0.1) is 11.2 Å². The molecule has 0 aliphatic rings. The summed E-state index contributed by atoms with van der Waals surface area (Å²) in [6.45, 7) is 6.31. The Hall–Kier alpha value is -0.595. The van der Waals surface area contributed by atoms with E-state index in [1.165, 1.54) is 0 Å². The largest absolute Gasteiger partial charge is 0.707 e. The lowest BCUT2D eigenvalue weighted by Crippen LogP contribution is -2.44. The molecule has 1 rings (SSSR count). The van der Waals surface area contributed by atoms with Gasteiger partial charge in [-0.25, -0.2) is 0 Å². The van der Waals surface area contributed by atoms with Crippen LogP contribution in [0.2, 0.25) is 0 Å². The van der Waals surface area contributed by atoms with Gasteiger partial charge in [-0.2, -0.15) is 0 Å².